The van der Waals surface area contributed by atoms with Crippen LogP contribution in [-0.4, -0.2) is 36.7 Å². The number of thiocarbonyl (C=S) groups is 1. The Labute approximate surface area is 187 Å². The van der Waals surface area contributed by atoms with Crippen molar-refractivity contribution in [2.45, 2.75) is 26.7 Å². The van der Waals surface area contributed by atoms with Crippen LogP contribution in [0.2, 0.25) is 0 Å². The summed E-state index contributed by atoms with van der Waals surface area (Å²) in [6.45, 7) is 5.43. The minimum atomic E-state index is -0.325. The molecule has 0 radical (unpaired) electrons. The predicted octanol–water partition coefficient (Wildman–Crippen LogP) is 3.89. The van der Waals surface area contributed by atoms with Gasteiger partial charge in [0.05, 0.1) is 6.61 Å². The first-order valence-electron chi connectivity index (χ1n) is 10.3. The van der Waals surface area contributed by atoms with Crippen LogP contribution in [-0.2, 0) is 9.53 Å². The van der Waals surface area contributed by atoms with E-state index in [0.717, 1.165) is 29.8 Å². The highest BCUT2D eigenvalue weighted by Gasteiger charge is 2.29. The van der Waals surface area contributed by atoms with E-state index in [1.165, 1.54) is 0 Å². The van der Waals surface area contributed by atoms with Gasteiger partial charge in [0.25, 0.3) is 5.91 Å². The lowest BCUT2D eigenvalue weighted by Crippen LogP contribution is -2.34. The van der Waals surface area contributed by atoms with Crippen molar-refractivity contribution in [2.75, 3.05) is 30.5 Å². The van der Waals surface area contributed by atoms with Crippen molar-refractivity contribution in [3.63, 3.8) is 0 Å². The molecule has 31 heavy (non-hydrogen) atoms. The van der Waals surface area contributed by atoms with Gasteiger partial charge in [-0.1, -0.05) is 6.07 Å². The summed E-state index contributed by atoms with van der Waals surface area (Å²) in [6, 6.07) is 12.3. The lowest BCUT2D eigenvalue weighted by Gasteiger charge is -2.15. The highest BCUT2D eigenvalue weighted by atomic mass is 32.1. The maximum Gasteiger partial charge on any atom is 0.257 e. The third-order valence-corrected chi connectivity index (χ3v) is 5.04. The summed E-state index contributed by atoms with van der Waals surface area (Å²) in [6.07, 6.45) is 1.89. The first-order chi connectivity index (χ1) is 15.0. The molecule has 164 valence electrons. The normalized spacial score (nSPS) is 12.7. The number of ether oxygens (including phenoxy) is 2. The average molecular weight is 442 g/mol. The fourth-order valence-electron chi connectivity index (χ4n) is 2.88. The summed E-state index contributed by atoms with van der Waals surface area (Å²) < 4.78 is 10.8. The lowest BCUT2D eigenvalue weighted by molar-refractivity contribution is -0.117. The van der Waals surface area contributed by atoms with Crippen LogP contribution in [0.15, 0.2) is 42.5 Å². The lowest BCUT2D eigenvalue weighted by atomic mass is 10.1. The van der Waals surface area contributed by atoms with Crippen LogP contribution < -0.4 is 20.7 Å². The van der Waals surface area contributed by atoms with Crippen molar-refractivity contribution in [2.24, 2.45) is 5.92 Å². The molecule has 0 heterocycles. The van der Waals surface area contributed by atoms with Crippen LogP contribution in [0.25, 0.3) is 0 Å². The van der Waals surface area contributed by atoms with Gasteiger partial charge < -0.3 is 20.1 Å². The fourth-order valence-corrected chi connectivity index (χ4v) is 3.08. The molecular weight excluding hydrogens is 414 g/mol. The quantitative estimate of drug-likeness (QED) is 0.404. The van der Waals surface area contributed by atoms with Crippen LogP contribution >= 0.6 is 12.2 Å². The SMILES string of the molecule is CCOCCOc1ccc(C(=O)NC(=S)Nc2cccc(NC(=O)C3CC3)c2C)cc1. The van der Waals surface area contributed by atoms with Gasteiger partial charge in [-0.3, -0.25) is 14.9 Å². The van der Waals surface area contributed by atoms with Crippen molar-refractivity contribution in [1.82, 2.24) is 5.32 Å². The van der Waals surface area contributed by atoms with Gasteiger partial charge >= 0.3 is 0 Å². The van der Waals surface area contributed by atoms with E-state index >= 15 is 0 Å². The van der Waals surface area contributed by atoms with Gasteiger partial charge in [-0.15, -0.1) is 0 Å². The maximum atomic E-state index is 12.5. The second kappa shape index (κ2) is 10.9. The number of carbonyl (C=O) groups is 2. The highest BCUT2D eigenvalue weighted by molar-refractivity contribution is 7.80. The molecule has 3 N–H and O–H groups in total. The molecule has 8 heteroatoms. The van der Waals surface area contributed by atoms with Crippen molar-refractivity contribution in [3.05, 3.63) is 53.6 Å². The average Bonchev–Trinajstić information content (AvgIpc) is 3.60. The molecule has 2 aromatic carbocycles. The van der Waals surface area contributed by atoms with Gasteiger partial charge in [-0.2, -0.15) is 0 Å². The van der Waals surface area contributed by atoms with E-state index in [-0.39, 0.29) is 22.8 Å². The van der Waals surface area contributed by atoms with Crippen molar-refractivity contribution in [1.29, 1.82) is 0 Å². The summed E-state index contributed by atoms with van der Waals surface area (Å²) >= 11 is 5.29. The Hall–Kier alpha value is -2.97. The number of carbonyl (C=O) groups excluding carboxylic acids is 2. The van der Waals surface area contributed by atoms with E-state index in [9.17, 15) is 9.59 Å². The third kappa shape index (κ3) is 6.77. The Bertz CT molecular complexity index is 942. The zero-order chi connectivity index (χ0) is 22.2. The van der Waals surface area contributed by atoms with Crippen molar-refractivity contribution >= 4 is 40.5 Å². The van der Waals surface area contributed by atoms with Crippen molar-refractivity contribution in [3.8, 4) is 5.75 Å². The van der Waals surface area contributed by atoms with Gasteiger partial charge in [0.2, 0.25) is 5.91 Å². The number of anilines is 2. The molecule has 0 bridgehead atoms. The third-order valence-electron chi connectivity index (χ3n) is 4.83. The Kier molecular flexibility index (Phi) is 7.97. The van der Waals surface area contributed by atoms with Gasteiger partial charge in [0.15, 0.2) is 5.11 Å². The van der Waals surface area contributed by atoms with Gasteiger partial charge in [0, 0.05) is 29.5 Å². The highest BCUT2D eigenvalue weighted by Crippen LogP contribution is 2.31. The van der Waals surface area contributed by atoms with Crippen LogP contribution in [0.3, 0.4) is 0 Å². The van der Waals surface area contributed by atoms with E-state index in [4.69, 9.17) is 21.7 Å². The Morgan fingerprint density at radius 1 is 1.03 bits per heavy atom. The monoisotopic (exact) mass is 441 g/mol. The second-order valence-corrected chi connectivity index (χ2v) is 7.63. The Balaban J connectivity index is 1.53. The van der Waals surface area contributed by atoms with E-state index in [1.807, 2.05) is 32.0 Å². The molecule has 1 aliphatic carbocycles. The Morgan fingerprint density at radius 2 is 1.71 bits per heavy atom. The maximum absolute atomic E-state index is 12.5. The molecule has 7 nitrogen and oxygen atoms in total. The van der Waals surface area contributed by atoms with E-state index in [0.29, 0.717) is 31.1 Å². The second-order valence-electron chi connectivity index (χ2n) is 7.22. The Morgan fingerprint density at radius 3 is 2.35 bits per heavy atom. The number of nitrogens with one attached hydrogen (secondary N) is 3. The minimum absolute atomic E-state index is 0.0430. The molecule has 1 fully saturated rings. The molecule has 0 unspecified atom stereocenters. The van der Waals surface area contributed by atoms with E-state index < -0.39 is 0 Å². The van der Waals surface area contributed by atoms with Crippen LogP contribution in [0.5, 0.6) is 5.75 Å². The van der Waals surface area contributed by atoms with Gasteiger partial charge in [-0.05, 0) is 80.9 Å². The van der Waals surface area contributed by atoms with E-state index in [2.05, 4.69) is 16.0 Å². The number of hydrogen-bond donors (Lipinski definition) is 3. The summed E-state index contributed by atoms with van der Waals surface area (Å²) in [4.78, 5) is 24.5. The van der Waals surface area contributed by atoms with Crippen LogP contribution in [0.4, 0.5) is 11.4 Å². The van der Waals surface area contributed by atoms with Gasteiger partial charge in [-0.25, -0.2) is 0 Å². The largest absolute Gasteiger partial charge is 0.491 e. The first kappa shape index (κ1) is 22.7. The van der Waals surface area contributed by atoms with E-state index in [1.54, 1.807) is 24.3 Å². The molecule has 3 rings (SSSR count). The molecule has 0 saturated heterocycles. The molecule has 0 spiro atoms. The molecule has 0 atom stereocenters. The number of hydrogen-bond acceptors (Lipinski definition) is 5. The zero-order valence-electron chi connectivity index (χ0n) is 17.7. The van der Waals surface area contributed by atoms with Crippen molar-refractivity contribution < 1.29 is 19.1 Å². The predicted molar refractivity (Wildman–Crippen MR) is 125 cm³/mol. The minimum Gasteiger partial charge on any atom is -0.491 e. The molecular formula is C23H27N3O4S. The molecule has 2 aromatic rings. The first-order valence-corrected chi connectivity index (χ1v) is 10.7. The number of benzene rings is 2. The standard InChI is InChI=1S/C23H27N3O4S/c1-3-29-13-14-30-18-11-9-17(10-12-18)22(28)26-23(31)25-20-6-4-5-19(15(20)2)24-21(27)16-7-8-16/h4-6,9-12,16H,3,7-8,13-14H2,1-2H3,(H,24,27)(H2,25,26,28,31). The van der Waals surface area contributed by atoms with Gasteiger partial charge in [0.1, 0.15) is 12.4 Å². The fraction of sp³-hybridized carbons (Fsp3) is 0.348. The molecule has 1 saturated carbocycles. The molecule has 0 aliphatic heterocycles. The van der Waals surface area contributed by atoms with Crippen LogP contribution in [0, 0.1) is 12.8 Å². The summed E-state index contributed by atoms with van der Waals surface area (Å²) in [5, 5.41) is 8.83. The molecule has 1 aliphatic rings. The van der Waals surface area contributed by atoms with Crippen LogP contribution in [0.1, 0.15) is 35.7 Å². The molecule has 2 amide bonds. The summed E-state index contributed by atoms with van der Waals surface area (Å²) in [5.41, 5.74) is 2.76. The molecule has 0 aromatic heterocycles. The smallest absolute Gasteiger partial charge is 0.257 e. The summed E-state index contributed by atoms with van der Waals surface area (Å²) in [7, 11) is 0. The topological polar surface area (TPSA) is 88.7 Å². The summed E-state index contributed by atoms with van der Waals surface area (Å²) in [5.74, 6) is 0.506. The number of amides is 2. The zero-order valence-corrected chi connectivity index (χ0v) is 18.5. The number of rotatable bonds is 9.